The van der Waals surface area contributed by atoms with Gasteiger partial charge < -0.3 is 24.4 Å². The summed E-state index contributed by atoms with van der Waals surface area (Å²) in [6.45, 7) is 8.30. The van der Waals surface area contributed by atoms with E-state index in [0.717, 1.165) is 51.9 Å². The van der Waals surface area contributed by atoms with Crippen molar-refractivity contribution >= 4 is 5.97 Å². The molecule has 0 fully saturated rings. The largest absolute Gasteiger partial charge is 0.496 e. The smallest absolute Gasteiger partial charge is 0.303 e. The van der Waals surface area contributed by atoms with Crippen LogP contribution in [-0.4, -0.2) is 62.3 Å². The van der Waals surface area contributed by atoms with E-state index in [1.165, 1.54) is 13.2 Å². The van der Waals surface area contributed by atoms with Gasteiger partial charge in [0, 0.05) is 30.6 Å². The minimum Gasteiger partial charge on any atom is -0.496 e. The molecule has 0 heterocycles. The number of hydrogen-bond donors (Lipinski definition) is 1. The molecule has 0 amide bonds. The van der Waals surface area contributed by atoms with Crippen LogP contribution in [0.5, 0.6) is 11.5 Å². The maximum atomic E-state index is 15.6. The van der Waals surface area contributed by atoms with Gasteiger partial charge in [0.05, 0.1) is 14.2 Å². The van der Waals surface area contributed by atoms with Crippen molar-refractivity contribution in [2.24, 2.45) is 0 Å². The standard InChI is InChI=1S/C39H46F2N2O4/c1-8-17-42(4)23-33-35(40)19-27(21-37(33)46-6)29-12-9-14-31(25(29)2)32-15-10-13-30(26(32)3)28-20-36(41)34(38(22-28)47-7)24-43(5)18-11-16-39(44)45/h9-10,12-15,19-22H,8,11,16-18,23-24H2,1-7H3,(H,44,45). The molecule has 0 aliphatic heterocycles. The van der Waals surface area contributed by atoms with E-state index in [1.807, 2.05) is 75.3 Å². The van der Waals surface area contributed by atoms with Crippen LogP contribution < -0.4 is 9.47 Å². The van der Waals surface area contributed by atoms with E-state index in [2.05, 4.69) is 17.9 Å². The number of carbonyl (C=O) groups is 1. The van der Waals surface area contributed by atoms with Gasteiger partial charge in [-0.05, 0) is 123 Å². The quantitative estimate of drug-likeness (QED) is 0.140. The van der Waals surface area contributed by atoms with Crippen molar-refractivity contribution in [1.29, 1.82) is 0 Å². The number of benzene rings is 4. The molecule has 0 spiro atoms. The Morgan fingerprint density at radius 1 is 0.723 bits per heavy atom. The normalized spacial score (nSPS) is 11.4. The molecule has 0 aromatic heterocycles. The number of methoxy groups -OCH3 is 2. The van der Waals surface area contributed by atoms with Gasteiger partial charge in [0.2, 0.25) is 0 Å². The lowest BCUT2D eigenvalue weighted by atomic mass is 9.87. The number of halogens is 2. The van der Waals surface area contributed by atoms with E-state index < -0.39 is 5.97 Å². The molecule has 0 unspecified atom stereocenters. The number of nitrogens with zero attached hydrogens (tertiary/aromatic N) is 2. The van der Waals surface area contributed by atoms with Crippen molar-refractivity contribution in [2.75, 3.05) is 41.4 Å². The molecule has 250 valence electrons. The van der Waals surface area contributed by atoms with E-state index in [4.69, 9.17) is 14.6 Å². The molecule has 4 aromatic carbocycles. The third kappa shape index (κ3) is 8.37. The number of carboxylic acids is 1. The highest BCUT2D eigenvalue weighted by Gasteiger charge is 2.20. The highest BCUT2D eigenvalue weighted by Crippen LogP contribution is 2.40. The monoisotopic (exact) mass is 644 g/mol. The fourth-order valence-electron chi connectivity index (χ4n) is 6.27. The summed E-state index contributed by atoms with van der Waals surface area (Å²) >= 11 is 0. The van der Waals surface area contributed by atoms with Crippen molar-refractivity contribution in [1.82, 2.24) is 9.80 Å². The van der Waals surface area contributed by atoms with E-state index in [0.29, 0.717) is 54.2 Å². The summed E-state index contributed by atoms with van der Waals surface area (Å²) in [5.41, 5.74) is 8.15. The highest BCUT2D eigenvalue weighted by molar-refractivity contribution is 5.84. The predicted octanol–water partition coefficient (Wildman–Crippen LogP) is 8.74. The maximum absolute atomic E-state index is 15.6. The first-order valence-corrected chi connectivity index (χ1v) is 16.0. The second-order valence-corrected chi connectivity index (χ2v) is 12.2. The van der Waals surface area contributed by atoms with Gasteiger partial charge in [-0.25, -0.2) is 8.78 Å². The van der Waals surface area contributed by atoms with E-state index >= 15 is 8.78 Å². The fraction of sp³-hybridized carbons (Fsp3) is 0.359. The second kappa shape index (κ2) is 16.0. The lowest BCUT2D eigenvalue weighted by Crippen LogP contribution is -2.21. The SMILES string of the molecule is CCCN(C)Cc1c(F)cc(-c2cccc(-c3cccc(-c4cc(F)c(CN(C)CCCC(=O)O)c(OC)c4)c3C)c2C)cc1OC. The van der Waals surface area contributed by atoms with Crippen LogP contribution in [0.3, 0.4) is 0 Å². The van der Waals surface area contributed by atoms with E-state index in [9.17, 15) is 4.79 Å². The van der Waals surface area contributed by atoms with Crippen LogP contribution in [0.4, 0.5) is 8.78 Å². The Bertz CT molecular complexity index is 1720. The van der Waals surface area contributed by atoms with Crippen LogP contribution in [0.1, 0.15) is 48.4 Å². The van der Waals surface area contributed by atoms with Crippen molar-refractivity contribution in [3.63, 3.8) is 0 Å². The molecule has 1 N–H and O–H groups in total. The average molecular weight is 645 g/mol. The summed E-state index contributed by atoms with van der Waals surface area (Å²) in [5, 5.41) is 8.93. The Balaban J connectivity index is 1.70. The molecular formula is C39H46F2N2O4. The summed E-state index contributed by atoms with van der Waals surface area (Å²) in [4.78, 5) is 14.9. The van der Waals surface area contributed by atoms with Gasteiger partial charge in [-0.3, -0.25) is 4.79 Å². The molecule has 0 bridgehead atoms. The average Bonchev–Trinajstić information content (AvgIpc) is 3.03. The van der Waals surface area contributed by atoms with Crippen LogP contribution in [0.15, 0.2) is 60.7 Å². The predicted molar refractivity (Wildman–Crippen MR) is 185 cm³/mol. The number of aliphatic carboxylic acids is 1. The minimum atomic E-state index is -0.847. The maximum Gasteiger partial charge on any atom is 0.303 e. The van der Waals surface area contributed by atoms with Gasteiger partial charge in [-0.1, -0.05) is 43.3 Å². The molecule has 4 rings (SSSR count). The first-order chi connectivity index (χ1) is 22.5. The van der Waals surface area contributed by atoms with E-state index in [-0.39, 0.29) is 18.1 Å². The van der Waals surface area contributed by atoms with Crippen LogP contribution >= 0.6 is 0 Å². The zero-order chi connectivity index (χ0) is 34.2. The summed E-state index contributed by atoms with van der Waals surface area (Å²) in [5.74, 6) is -0.561. The zero-order valence-corrected chi connectivity index (χ0v) is 28.5. The summed E-state index contributed by atoms with van der Waals surface area (Å²) in [6, 6.07) is 18.9. The topological polar surface area (TPSA) is 62.2 Å². The van der Waals surface area contributed by atoms with Crippen LogP contribution in [0.2, 0.25) is 0 Å². The molecule has 0 atom stereocenters. The Hall–Kier alpha value is -4.27. The Morgan fingerprint density at radius 2 is 1.15 bits per heavy atom. The van der Waals surface area contributed by atoms with Crippen molar-refractivity contribution in [3.05, 3.63) is 94.6 Å². The Morgan fingerprint density at radius 3 is 1.55 bits per heavy atom. The van der Waals surface area contributed by atoms with Crippen LogP contribution in [-0.2, 0) is 17.9 Å². The van der Waals surface area contributed by atoms with Gasteiger partial charge in [0.25, 0.3) is 0 Å². The lowest BCUT2D eigenvalue weighted by molar-refractivity contribution is -0.137. The third-order valence-electron chi connectivity index (χ3n) is 8.72. The molecule has 8 heteroatoms. The van der Waals surface area contributed by atoms with Gasteiger partial charge in [-0.2, -0.15) is 0 Å². The minimum absolute atomic E-state index is 0.0647. The van der Waals surface area contributed by atoms with Gasteiger partial charge >= 0.3 is 5.97 Å². The molecule has 0 aliphatic rings. The number of ether oxygens (including phenoxy) is 2. The lowest BCUT2D eigenvalue weighted by Gasteiger charge is -2.21. The highest BCUT2D eigenvalue weighted by atomic mass is 19.1. The molecule has 6 nitrogen and oxygen atoms in total. The summed E-state index contributed by atoms with van der Waals surface area (Å²) in [7, 11) is 6.92. The van der Waals surface area contributed by atoms with Gasteiger partial charge in [0.15, 0.2) is 0 Å². The fourth-order valence-corrected chi connectivity index (χ4v) is 6.27. The van der Waals surface area contributed by atoms with Crippen LogP contribution in [0, 0.1) is 25.5 Å². The summed E-state index contributed by atoms with van der Waals surface area (Å²) < 4.78 is 42.5. The molecule has 0 aliphatic carbocycles. The first-order valence-electron chi connectivity index (χ1n) is 16.0. The second-order valence-electron chi connectivity index (χ2n) is 12.2. The number of carboxylic acid groups (broad SMARTS) is 1. The van der Waals surface area contributed by atoms with Gasteiger partial charge in [-0.15, -0.1) is 0 Å². The van der Waals surface area contributed by atoms with Crippen LogP contribution in [0.25, 0.3) is 33.4 Å². The molecule has 0 saturated heterocycles. The first kappa shape index (κ1) is 35.6. The number of rotatable bonds is 15. The van der Waals surface area contributed by atoms with Crippen molar-refractivity contribution in [3.8, 4) is 44.9 Å². The third-order valence-corrected chi connectivity index (χ3v) is 8.72. The number of hydrogen-bond acceptors (Lipinski definition) is 5. The molecule has 47 heavy (non-hydrogen) atoms. The van der Waals surface area contributed by atoms with Crippen molar-refractivity contribution < 1.29 is 28.2 Å². The van der Waals surface area contributed by atoms with E-state index in [1.54, 1.807) is 13.2 Å². The Labute approximate surface area is 277 Å². The Kier molecular flexibility index (Phi) is 12.1. The molecule has 0 saturated carbocycles. The zero-order valence-electron chi connectivity index (χ0n) is 28.5. The molecule has 4 aromatic rings. The summed E-state index contributed by atoms with van der Waals surface area (Å²) in [6.07, 6.45) is 1.52. The van der Waals surface area contributed by atoms with Gasteiger partial charge in [0.1, 0.15) is 23.1 Å². The molecule has 0 radical (unpaired) electrons. The van der Waals surface area contributed by atoms with Crippen molar-refractivity contribution in [2.45, 2.75) is 53.1 Å². The molecular weight excluding hydrogens is 598 g/mol.